The molecule has 1 atom stereocenters. The van der Waals surface area contributed by atoms with Crippen LogP contribution in [0.4, 0.5) is 0 Å². The van der Waals surface area contributed by atoms with Crippen LogP contribution in [0.2, 0.25) is 10.0 Å². The van der Waals surface area contributed by atoms with Crippen LogP contribution in [-0.2, 0) is 22.6 Å². The van der Waals surface area contributed by atoms with E-state index in [2.05, 4.69) is 29.6 Å². The lowest BCUT2D eigenvalue weighted by Crippen LogP contribution is -2.49. The fourth-order valence-electron chi connectivity index (χ4n) is 4.70. The Labute approximate surface area is 211 Å². The zero-order valence-corrected chi connectivity index (χ0v) is 20.9. The number of aryl methyl sites for hydroxylation is 1. The van der Waals surface area contributed by atoms with Crippen molar-refractivity contribution in [3.05, 3.63) is 81.8 Å². The number of carbonyl (C=O) groups is 2. The van der Waals surface area contributed by atoms with Crippen molar-refractivity contribution in [1.29, 1.82) is 0 Å². The van der Waals surface area contributed by atoms with Crippen LogP contribution in [0.15, 0.2) is 60.7 Å². The van der Waals surface area contributed by atoms with E-state index in [0.29, 0.717) is 29.4 Å². The van der Waals surface area contributed by atoms with E-state index < -0.39 is 6.04 Å². The Morgan fingerprint density at radius 2 is 1.74 bits per heavy atom. The summed E-state index contributed by atoms with van der Waals surface area (Å²) >= 11 is 12.3. The first-order valence-corrected chi connectivity index (χ1v) is 12.7. The van der Waals surface area contributed by atoms with Crippen LogP contribution in [0, 0.1) is 0 Å². The van der Waals surface area contributed by atoms with Crippen LogP contribution < -0.4 is 5.32 Å². The Morgan fingerprint density at radius 1 is 1.00 bits per heavy atom. The largest absolute Gasteiger partial charge is 0.352 e. The van der Waals surface area contributed by atoms with Crippen LogP contribution in [0.3, 0.4) is 0 Å². The summed E-state index contributed by atoms with van der Waals surface area (Å²) in [5.41, 5.74) is 1.97. The summed E-state index contributed by atoms with van der Waals surface area (Å²) in [4.78, 5) is 28.2. The van der Waals surface area contributed by atoms with Crippen LogP contribution in [0.5, 0.6) is 0 Å². The van der Waals surface area contributed by atoms with Gasteiger partial charge in [-0.3, -0.25) is 9.59 Å². The van der Waals surface area contributed by atoms with E-state index in [-0.39, 0.29) is 17.9 Å². The lowest BCUT2D eigenvalue weighted by molar-refractivity contribution is -0.140. The molecule has 1 N–H and O–H groups in total. The summed E-state index contributed by atoms with van der Waals surface area (Å²) in [7, 11) is 0. The lowest BCUT2D eigenvalue weighted by Gasteiger charge is -2.30. The number of fused-ring (bicyclic) bond motifs is 1. The minimum Gasteiger partial charge on any atom is -0.352 e. The van der Waals surface area contributed by atoms with E-state index in [1.165, 1.54) is 0 Å². The molecule has 0 spiro atoms. The molecule has 0 aliphatic heterocycles. The van der Waals surface area contributed by atoms with Gasteiger partial charge in [-0.2, -0.15) is 0 Å². The Morgan fingerprint density at radius 3 is 2.50 bits per heavy atom. The molecule has 0 heterocycles. The van der Waals surface area contributed by atoms with Gasteiger partial charge < -0.3 is 10.2 Å². The molecular formula is C28H30Cl2N2O2. The molecule has 178 valence electrons. The van der Waals surface area contributed by atoms with Gasteiger partial charge in [-0.25, -0.2) is 0 Å². The quantitative estimate of drug-likeness (QED) is 0.384. The van der Waals surface area contributed by atoms with Gasteiger partial charge >= 0.3 is 0 Å². The van der Waals surface area contributed by atoms with Gasteiger partial charge in [0, 0.05) is 19.0 Å². The van der Waals surface area contributed by atoms with Crippen molar-refractivity contribution in [2.24, 2.45) is 0 Å². The summed E-state index contributed by atoms with van der Waals surface area (Å²) in [5, 5.41) is 6.35. The third-order valence-electron chi connectivity index (χ3n) is 6.69. The van der Waals surface area contributed by atoms with Gasteiger partial charge in [0.2, 0.25) is 11.8 Å². The van der Waals surface area contributed by atoms with E-state index in [4.69, 9.17) is 23.2 Å². The van der Waals surface area contributed by atoms with Crippen molar-refractivity contribution in [1.82, 2.24) is 10.2 Å². The normalized spacial score (nSPS) is 14.8. The number of halogens is 2. The van der Waals surface area contributed by atoms with Gasteiger partial charge in [0.1, 0.15) is 6.04 Å². The number of hydrogen-bond acceptors (Lipinski definition) is 2. The Kier molecular flexibility index (Phi) is 8.12. The molecule has 6 heteroatoms. The predicted molar refractivity (Wildman–Crippen MR) is 139 cm³/mol. The average Bonchev–Trinajstić information content (AvgIpc) is 3.35. The second-order valence-electron chi connectivity index (χ2n) is 9.07. The molecule has 4 nitrogen and oxygen atoms in total. The second kappa shape index (κ2) is 11.2. The zero-order chi connectivity index (χ0) is 24.1. The fourth-order valence-corrected chi connectivity index (χ4v) is 5.03. The summed E-state index contributed by atoms with van der Waals surface area (Å²) in [5.74, 6) is -0.168. The maximum absolute atomic E-state index is 13.5. The molecule has 4 rings (SSSR count). The zero-order valence-electron chi connectivity index (χ0n) is 19.4. The highest BCUT2D eigenvalue weighted by molar-refractivity contribution is 6.42. The number of hydrogen-bond donors (Lipinski definition) is 1. The second-order valence-corrected chi connectivity index (χ2v) is 9.89. The molecular weight excluding hydrogens is 467 g/mol. The van der Waals surface area contributed by atoms with Gasteiger partial charge in [0.25, 0.3) is 0 Å². The third-order valence-corrected chi connectivity index (χ3v) is 7.43. The number of nitrogens with one attached hydrogen (secondary N) is 1. The van der Waals surface area contributed by atoms with Crippen molar-refractivity contribution in [2.75, 3.05) is 0 Å². The van der Waals surface area contributed by atoms with Gasteiger partial charge in [0.15, 0.2) is 0 Å². The number of benzene rings is 3. The smallest absolute Gasteiger partial charge is 0.242 e. The molecule has 3 aromatic carbocycles. The number of carbonyl (C=O) groups excluding carboxylic acids is 2. The van der Waals surface area contributed by atoms with E-state index in [1.54, 1.807) is 24.0 Å². The SMILES string of the molecule is C[C@H](C(=O)NC1CCCC1)N(Cc1ccc(Cl)c(Cl)c1)C(=O)CCc1cccc2ccccc12. The summed E-state index contributed by atoms with van der Waals surface area (Å²) in [6.07, 6.45) is 5.19. The first kappa shape index (κ1) is 24.6. The Balaban J connectivity index is 1.52. The number of rotatable bonds is 8. The Bertz CT molecular complexity index is 1170. The van der Waals surface area contributed by atoms with E-state index >= 15 is 0 Å². The maximum atomic E-state index is 13.5. The van der Waals surface area contributed by atoms with Gasteiger partial charge in [-0.1, -0.05) is 84.6 Å². The lowest BCUT2D eigenvalue weighted by atomic mass is 10.0. The molecule has 0 unspecified atom stereocenters. The number of nitrogens with zero attached hydrogens (tertiary/aromatic N) is 1. The van der Waals surface area contributed by atoms with Crippen molar-refractivity contribution >= 4 is 45.8 Å². The molecule has 2 amide bonds. The average molecular weight is 497 g/mol. The summed E-state index contributed by atoms with van der Waals surface area (Å²) in [6.45, 7) is 2.10. The first-order chi connectivity index (χ1) is 16.4. The molecule has 1 aliphatic carbocycles. The molecule has 0 bridgehead atoms. The summed E-state index contributed by atoms with van der Waals surface area (Å²) < 4.78 is 0. The molecule has 1 aliphatic rings. The van der Waals surface area contributed by atoms with Crippen LogP contribution in [-0.4, -0.2) is 28.8 Å². The van der Waals surface area contributed by atoms with Gasteiger partial charge in [-0.15, -0.1) is 0 Å². The summed E-state index contributed by atoms with van der Waals surface area (Å²) in [6, 6.07) is 19.3. The minimum atomic E-state index is -0.588. The first-order valence-electron chi connectivity index (χ1n) is 11.9. The molecule has 1 fully saturated rings. The predicted octanol–water partition coefficient (Wildman–Crippen LogP) is 6.56. The van der Waals surface area contributed by atoms with E-state index in [1.807, 2.05) is 24.3 Å². The Hall–Kier alpha value is -2.56. The van der Waals surface area contributed by atoms with Crippen LogP contribution in [0.25, 0.3) is 10.8 Å². The van der Waals surface area contributed by atoms with Crippen molar-refractivity contribution in [3.8, 4) is 0 Å². The van der Waals surface area contributed by atoms with E-state index in [0.717, 1.165) is 47.6 Å². The molecule has 0 aromatic heterocycles. The molecule has 34 heavy (non-hydrogen) atoms. The highest BCUT2D eigenvalue weighted by atomic mass is 35.5. The highest BCUT2D eigenvalue weighted by Gasteiger charge is 2.28. The molecule has 0 saturated heterocycles. The van der Waals surface area contributed by atoms with E-state index in [9.17, 15) is 9.59 Å². The standard InChI is InChI=1S/C28H30Cl2N2O2/c1-19(28(34)31-23-10-3-4-11-23)32(18-20-13-15-25(29)26(30)17-20)27(33)16-14-22-9-6-8-21-7-2-5-12-24(21)22/h2,5-9,12-13,15,17,19,23H,3-4,10-11,14,16,18H2,1H3,(H,31,34)/t19-/m1/s1. The number of amides is 2. The molecule has 3 aromatic rings. The fraction of sp³-hybridized carbons (Fsp3) is 0.357. The van der Waals surface area contributed by atoms with Gasteiger partial charge in [-0.05, 0) is 60.2 Å². The highest BCUT2D eigenvalue weighted by Crippen LogP contribution is 2.25. The van der Waals surface area contributed by atoms with Crippen LogP contribution in [0.1, 0.15) is 50.2 Å². The van der Waals surface area contributed by atoms with Crippen LogP contribution >= 0.6 is 23.2 Å². The van der Waals surface area contributed by atoms with Crippen molar-refractivity contribution in [2.45, 2.75) is 64.1 Å². The molecule has 0 radical (unpaired) electrons. The maximum Gasteiger partial charge on any atom is 0.242 e. The third kappa shape index (κ3) is 5.92. The van der Waals surface area contributed by atoms with Crippen molar-refractivity contribution < 1.29 is 9.59 Å². The van der Waals surface area contributed by atoms with Gasteiger partial charge in [0.05, 0.1) is 10.0 Å². The minimum absolute atomic E-state index is 0.0620. The monoisotopic (exact) mass is 496 g/mol. The van der Waals surface area contributed by atoms with Crippen molar-refractivity contribution in [3.63, 3.8) is 0 Å². The topological polar surface area (TPSA) is 49.4 Å². The molecule has 1 saturated carbocycles.